The number of benzene rings is 1. The summed E-state index contributed by atoms with van der Waals surface area (Å²) in [4.78, 5) is 2.47. The largest absolute Gasteiger partial charge is 0.312 e. The molecule has 1 N–H and O–H groups in total. The van der Waals surface area contributed by atoms with Crippen molar-refractivity contribution in [3.8, 4) is 0 Å². The zero-order chi connectivity index (χ0) is 12.4. The van der Waals surface area contributed by atoms with E-state index in [4.69, 9.17) is 0 Å². The Balaban J connectivity index is 1.63. The van der Waals surface area contributed by atoms with E-state index in [1.807, 2.05) is 6.07 Å². The smallest absolute Gasteiger partial charge is 0.123 e. The van der Waals surface area contributed by atoms with E-state index in [9.17, 15) is 4.39 Å². The first kappa shape index (κ1) is 12.1. The summed E-state index contributed by atoms with van der Waals surface area (Å²) in [6.45, 7) is 4.23. The van der Waals surface area contributed by atoms with Crippen LogP contribution in [0.25, 0.3) is 0 Å². The Morgan fingerprint density at radius 1 is 1.33 bits per heavy atom. The van der Waals surface area contributed by atoms with Crippen LogP contribution < -0.4 is 5.32 Å². The zero-order valence-electron chi connectivity index (χ0n) is 10.7. The van der Waals surface area contributed by atoms with Crippen molar-refractivity contribution in [3.05, 3.63) is 35.6 Å². The third-order valence-corrected chi connectivity index (χ3v) is 4.00. The summed E-state index contributed by atoms with van der Waals surface area (Å²) in [5, 5.41) is 3.65. The molecule has 0 bridgehead atoms. The lowest BCUT2D eigenvalue weighted by Crippen LogP contribution is -2.38. The van der Waals surface area contributed by atoms with Gasteiger partial charge in [0.2, 0.25) is 0 Å². The van der Waals surface area contributed by atoms with Crippen LogP contribution in [0.2, 0.25) is 0 Å². The van der Waals surface area contributed by atoms with Gasteiger partial charge in [0.05, 0.1) is 0 Å². The Morgan fingerprint density at radius 3 is 3.00 bits per heavy atom. The highest BCUT2D eigenvalue weighted by molar-refractivity contribution is 5.16. The second-order valence-corrected chi connectivity index (χ2v) is 5.62. The van der Waals surface area contributed by atoms with E-state index in [-0.39, 0.29) is 5.82 Å². The van der Waals surface area contributed by atoms with Crippen molar-refractivity contribution in [2.75, 3.05) is 19.6 Å². The van der Waals surface area contributed by atoms with Crippen LogP contribution in [-0.4, -0.2) is 30.6 Å². The Kier molecular flexibility index (Phi) is 3.62. The van der Waals surface area contributed by atoms with E-state index in [1.165, 1.54) is 25.3 Å². The van der Waals surface area contributed by atoms with Crippen LogP contribution in [0.3, 0.4) is 0 Å². The van der Waals surface area contributed by atoms with Crippen LogP contribution in [0.1, 0.15) is 24.8 Å². The summed E-state index contributed by atoms with van der Waals surface area (Å²) in [6.07, 6.45) is 3.95. The summed E-state index contributed by atoms with van der Waals surface area (Å²) >= 11 is 0. The van der Waals surface area contributed by atoms with Gasteiger partial charge in [0, 0.05) is 19.1 Å². The van der Waals surface area contributed by atoms with Gasteiger partial charge in [-0.25, -0.2) is 4.39 Å². The highest BCUT2D eigenvalue weighted by Crippen LogP contribution is 2.33. The average Bonchev–Trinajstić information content (AvgIpc) is 3.15. The van der Waals surface area contributed by atoms with E-state index < -0.39 is 0 Å². The second-order valence-electron chi connectivity index (χ2n) is 5.62. The molecule has 1 aromatic rings. The number of nitrogens with zero attached hydrogens (tertiary/aromatic N) is 1. The molecule has 3 rings (SSSR count). The molecule has 18 heavy (non-hydrogen) atoms. The van der Waals surface area contributed by atoms with E-state index >= 15 is 0 Å². The molecule has 3 heteroatoms. The fourth-order valence-corrected chi connectivity index (χ4v) is 2.88. The van der Waals surface area contributed by atoms with Crippen molar-refractivity contribution in [1.29, 1.82) is 0 Å². The molecule has 1 atom stereocenters. The monoisotopic (exact) mass is 248 g/mol. The van der Waals surface area contributed by atoms with Gasteiger partial charge in [-0.2, -0.15) is 0 Å². The first-order valence-electron chi connectivity index (χ1n) is 7.01. The predicted octanol–water partition coefficient (Wildman–Crippen LogP) is 2.40. The van der Waals surface area contributed by atoms with Crippen molar-refractivity contribution in [1.82, 2.24) is 10.2 Å². The van der Waals surface area contributed by atoms with E-state index in [0.29, 0.717) is 6.04 Å². The Morgan fingerprint density at radius 2 is 2.22 bits per heavy atom. The summed E-state index contributed by atoms with van der Waals surface area (Å²) in [7, 11) is 0. The van der Waals surface area contributed by atoms with E-state index in [0.717, 1.165) is 37.7 Å². The third-order valence-electron chi connectivity index (χ3n) is 4.00. The fourth-order valence-electron chi connectivity index (χ4n) is 2.88. The maximum absolute atomic E-state index is 13.2. The molecule has 1 saturated carbocycles. The first-order valence-corrected chi connectivity index (χ1v) is 7.01. The molecule has 98 valence electrons. The van der Waals surface area contributed by atoms with Gasteiger partial charge in [-0.1, -0.05) is 12.1 Å². The van der Waals surface area contributed by atoms with Crippen molar-refractivity contribution >= 4 is 0 Å². The molecular weight excluding hydrogens is 227 g/mol. The summed E-state index contributed by atoms with van der Waals surface area (Å²) in [6, 6.07) is 7.65. The number of hydrogen-bond acceptors (Lipinski definition) is 2. The number of nitrogens with one attached hydrogen (secondary N) is 1. The average molecular weight is 248 g/mol. The summed E-state index contributed by atoms with van der Waals surface area (Å²) < 4.78 is 13.2. The molecule has 2 aliphatic rings. The minimum Gasteiger partial charge on any atom is -0.312 e. The van der Waals surface area contributed by atoms with Crippen molar-refractivity contribution in [2.45, 2.75) is 31.8 Å². The van der Waals surface area contributed by atoms with Gasteiger partial charge in [-0.05, 0) is 56.0 Å². The molecule has 0 amide bonds. The van der Waals surface area contributed by atoms with Gasteiger partial charge < -0.3 is 5.32 Å². The van der Waals surface area contributed by atoms with Crippen molar-refractivity contribution in [2.24, 2.45) is 5.92 Å². The Labute approximate surface area is 108 Å². The molecule has 0 radical (unpaired) electrons. The first-order chi connectivity index (χ1) is 8.81. The summed E-state index contributed by atoms with van der Waals surface area (Å²) in [5.74, 6) is 0.761. The highest BCUT2D eigenvalue weighted by atomic mass is 19.1. The zero-order valence-corrected chi connectivity index (χ0v) is 10.7. The van der Waals surface area contributed by atoms with Crippen LogP contribution in [0.5, 0.6) is 0 Å². The lowest BCUT2D eigenvalue weighted by Gasteiger charge is -2.24. The standard InChI is InChI=1S/C15H21FN2/c16-14-4-1-3-12(9-14)10-18-8-2-7-17-15(11-18)13-5-6-13/h1,3-4,9,13,15,17H,2,5-8,10-11H2. The topological polar surface area (TPSA) is 15.3 Å². The molecule has 0 spiro atoms. The third kappa shape index (κ3) is 3.09. The molecule has 1 heterocycles. The minimum atomic E-state index is -0.126. The maximum Gasteiger partial charge on any atom is 0.123 e. The van der Waals surface area contributed by atoms with Crippen molar-refractivity contribution in [3.63, 3.8) is 0 Å². The van der Waals surface area contributed by atoms with Gasteiger partial charge in [-0.3, -0.25) is 4.90 Å². The van der Waals surface area contributed by atoms with Gasteiger partial charge in [0.25, 0.3) is 0 Å². The SMILES string of the molecule is Fc1cccc(CN2CCCNC(C3CC3)C2)c1. The maximum atomic E-state index is 13.2. The van der Waals surface area contributed by atoms with E-state index in [2.05, 4.69) is 10.2 Å². The van der Waals surface area contributed by atoms with Crippen LogP contribution in [-0.2, 0) is 6.54 Å². The molecule has 1 aliphatic carbocycles. The summed E-state index contributed by atoms with van der Waals surface area (Å²) in [5.41, 5.74) is 1.09. The molecular formula is C15H21FN2. The second kappa shape index (κ2) is 5.37. The number of rotatable bonds is 3. The quantitative estimate of drug-likeness (QED) is 0.883. The molecule has 2 nitrogen and oxygen atoms in total. The lowest BCUT2D eigenvalue weighted by atomic mass is 10.1. The fraction of sp³-hybridized carbons (Fsp3) is 0.600. The molecule has 1 unspecified atom stereocenters. The van der Waals surface area contributed by atoms with E-state index in [1.54, 1.807) is 12.1 Å². The molecule has 1 aliphatic heterocycles. The van der Waals surface area contributed by atoms with Gasteiger partial charge >= 0.3 is 0 Å². The van der Waals surface area contributed by atoms with Crippen LogP contribution in [0.4, 0.5) is 4.39 Å². The normalized spacial score (nSPS) is 25.9. The Hall–Kier alpha value is -0.930. The van der Waals surface area contributed by atoms with Gasteiger partial charge in [-0.15, -0.1) is 0 Å². The van der Waals surface area contributed by atoms with Gasteiger partial charge in [0.15, 0.2) is 0 Å². The van der Waals surface area contributed by atoms with Crippen LogP contribution in [0, 0.1) is 11.7 Å². The van der Waals surface area contributed by atoms with Gasteiger partial charge in [0.1, 0.15) is 5.82 Å². The lowest BCUT2D eigenvalue weighted by molar-refractivity contribution is 0.250. The number of halogens is 1. The molecule has 1 saturated heterocycles. The molecule has 2 fully saturated rings. The molecule has 1 aromatic carbocycles. The number of hydrogen-bond donors (Lipinski definition) is 1. The van der Waals surface area contributed by atoms with Crippen LogP contribution in [0.15, 0.2) is 24.3 Å². The minimum absolute atomic E-state index is 0.126. The van der Waals surface area contributed by atoms with Crippen LogP contribution >= 0.6 is 0 Å². The predicted molar refractivity (Wildman–Crippen MR) is 70.8 cm³/mol. The van der Waals surface area contributed by atoms with Crippen molar-refractivity contribution < 1.29 is 4.39 Å². The molecule has 0 aromatic heterocycles. The Bertz CT molecular complexity index is 403. The highest BCUT2D eigenvalue weighted by Gasteiger charge is 2.32.